The van der Waals surface area contributed by atoms with Crippen molar-refractivity contribution in [3.63, 3.8) is 0 Å². The van der Waals surface area contributed by atoms with E-state index >= 15 is 0 Å². The highest BCUT2D eigenvalue weighted by molar-refractivity contribution is 6.08. The normalized spacial score (nSPS) is 12.5. The molecule has 0 bridgehead atoms. The summed E-state index contributed by atoms with van der Waals surface area (Å²) in [6, 6.07) is 11.9. The van der Waals surface area contributed by atoms with Gasteiger partial charge in [-0.3, -0.25) is 14.4 Å². The van der Waals surface area contributed by atoms with Gasteiger partial charge in [0.1, 0.15) is 5.84 Å². The van der Waals surface area contributed by atoms with Crippen LogP contribution in [0.1, 0.15) is 72.7 Å². The predicted octanol–water partition coefficient (Wildman–Crippen LogP) is 4.50. The molecule has 4 N–H and O–H groups in total. The largest absolute Gasteiger partial charge is 0.387 e. The zero-order valence-corrected chi connectivity index (χ0v) is 21.3. The third kappa shape index (κ3) is 6.81. The summed E-state index contributed by atoms with van der Waals surface area (Å²) in [4.78, 5) is 44.4. The van der Waals surface area contributed by atoms with Gasteiger partial charge in [0.2, 0.25) is 5.91 Å². The highest BCUT2D eigenvalue weighted by atomic mass is 16.2. The first-order chi connectivity index (χ1) is 17.4. The number of aliphatic imine (C=N–C) groups is 1. The summed E-state index contributed by atoms with van der Waals surface area (Å²) in [6.45, 7) is 8.09. The Morgan fingerprint density at radius 3 is 2.22 bits per heavy atom. The van der Waals surface area contributed by atoms with Crippen LogP contribution in [0.5, 0.6) is 0 Å². The molecule has 0 saturated carbocycles. The van der Waals surface area contributed by atoms with Crippen molar-refractivity contribution in [2.75, 3.05) is 25.0 Å². The van der Waals surface area contributed by atoms with Gasteiger partial charge in [0.05, 0.1) is 5.69 Å². The summed E-state index contributed by atoms with van der Waals surface area (Å²) in [5.41, 5.74) is 9.55. The van der Waals surface area contributed by atoms with Crippen molar-refractivity contribution in [2.24, 2.45) is 10.7 Å². The molecule has 3 amide bonds. The molecule has 1 heterocycles. The molecule has 1 aliphatic heterocycles. The molecular weight excluding hydrogens is 454 g/mol. The van der Waals surface area contributed by atoms with Gasteiger partial charge in [-0.05, 0) is 61.7 Å². The summed E-state index contributed by atoms with van der Waals surface area (Å²) in [6.07, 6.45) is 4.71. The van der Waals surface area contributed by atoms with Crippen LogP contribution in [0.4, 0.5) is 11.4 Å². The molecule has 8 heteroatoms. The van der Waals surface area contributed by atoms with Crippen molar-refractivity contribution >= 4 is 41.0 Å². The number of fused-ring (bicyclic) bond motifs is 1. The average molecular weight is 490 g/mol. The van der Waals surface area contributed by atoms with Crippen LogP contribution < -0.4 is 16.4 Å². The number of amidine groups is 1. The monoisotopic (exact) mass is 489 g/mol. The van der Waals surface area contributed by atoms with Gasteiger partial charge in [0.25, 0.3) is 11.8 Å². The summed E-state index contributed by atoms with van der Waals surface area (Å²) in [5, 5.41) is 5.67. The second-order valence-electron chi connectivity index (χ2n) is 8.80. The molecule has 0 radical (unpaired) electrons. The Hall–Kier alpha value is -3.94. The van der Waals surface area contributed by atoms with E-state index in [1.54, 1.807) is 42.5 Å². The third-order valence-corrected chi connectivity index (χ3v) is 5.75. The summed E-state index contributed by atoms with van der Waals surface area (Å²) < 4.78 is 0. The summed E-state index contributed by atoms with van der Waals surface area (Å²) >= 11 is 0. The molecule has 8 nitrogen and oxygen atoms in total. The molecule has 36 heavy (non-hydrogen) atoms. The molecule has 0 aromatic heterocycles. The van der Waals surface area contributed by atoms with Crippen molar-refractivity contribution < 1.29 is 14.4 Å². The van der Waals surface area contributed by atoms with Crippen molar-refractivity contribution in [2.45, 2.75) is 46.5 Å². The Labute approximate surface area is 212 Å². The number of nitrogens with zero attached hydrogens (tertiary/aromatic N) is 2. The molecule has 1 aliphatic rings. The number of carbonyl (C=O) groups is 3. The molecule has 0 atom stereocenters. The quantitative estimate of drug-likeness (QED) is 0.455. The smallest absolute Gasteiger partial charge is 0.255 e. The van der Waals surface area contributed by atoms with Crippen LogP contribution in [0.3, 0.4) is 0 Å². The number of hydrogen-bond donors (Lipinski definition) is 3. The lowest BCUT2D eigenvalue weighted by molar-refractivity contribution is -0.127. The molecule has 190 valence electrons. The van der Waals surface area contributed by atoms with E-state index in [-0.39, 0.29) is 24.1 Å². The molecule has 0 aliphatic carbocycles. The number of nitrogens with two attached hydrogens (primary N) is 1. The fourth-order valence-corrected chi connectivity index (χ4v) is 3.98. The molecule has 0 saturated heterocycles. The van der Waals surface area contributed by atoms with Crippen LogP contribution in [0.15, 0.2) is 53.0 Å². The van der Waals surface area contributed by atoms with Gasteiger partial charge in [-0.15, -0.1) is 0 Å². The molecule has 2 aromatic rings. The minimum Gasteiger partial charge on any atom is -0.387 e. The van der Waals surface area contributed by atoms with Gasteiger partial charge in [0, 0.05) is 54.0 Å². The Balaban J connectivity index is 1.77. The van der Waals surface area contributed by atoms with Crippen LogP contribution in [0.2, 0.25) is 0 Å². The van der Waals surface area contributed by atoms with Crippen molar-refractivity contribution in [1.29, 1.82) is 0 Å². The lowest BCUT2D eigenvalue weighted by Gasteiger charge is -2.22. The van der Waals surface area contributed by atoms with E-state index in [0.29, 0.717) is 53.5 Å². The molecule has 0 fully saturated rings. The van der Waals surface area contributed by atoms with Gasteiger partial charge >= 0.3 is 0 Å². The molecule has 0 unspecified atom stereocenters. The maximum Gasteiger partial charge on any atom is 0.255 e. The van der Waals surface area contributed by atoms with Crippen molar-refractivity contribution in [3.05, 3.63) is 64.7 Å². The third-order valence-electron chi connectivity index (χ3n) is 5.75. The Morgan fingerprint density at radius 1 is 0.917 bits per heavy atom. The highest BCUT2D eigenvalue weighted by Crippen LogP contribution is 2.29. The van der Waals surface area contributed by atoms with Crippen LogP contribution >= 0.6 is 0 Å². The van der Waals surface area contributed by atoms with Gasteiger partial charge in [-0.25, -0.2) is 4.99 Å². The first kappa shape index (κ1) is 26.7. The number of anilines is 1. The maximum absolute atomic E-state index is 13.1. The number of benzene rings is 2. The van der Waals surface area contributed by atoms with E-state index < -0.39 is 0 Å². The fourth-order valence-electron chi connectivity index (χ4n) is 3.98. The lowest BCUT2D eigenvalue weighted by atomic mass is 10.0. The number of carbonyl (C=O) groups excluding carboxylic acids is 3. The predicted molar refractivity (Wildman–Crippen MR) is 144 cm³/mol. The van der Waals surface area contributed by atoms with Gasteiger partial charge < -0.3 is 21.3 Å². The van der Waals surface area contributed by atoms with Crippen molar-refractivity contribution in [1.82, 2.24) is 10.2 Å². The number of rotatable bonds is 10. The zero-order valence-electron chi connectivity index (χ0n) is 21.3. The van der Waals surface area contributed by atoms with E-state index in [1.165, 1.54) is 0 Å². The number of amides is 3. The van der Waals surface area contributed by atoms with E-state index in [0.717, 1.165) is 24.8 Å². The van der Waals surface area contributed by atoms with Gasteiger partial charge in [-0.1, -0.05) is 26.8 Å². The van der Waals surface area contributed by atoms with E-state index in [9.17, 15) is 14.4 Å². The van der Waals surface area contributed by atoms with E-state index in [2.05, 4.69) is 15.6 Å². The topological polar surface area (TPSA) is 117 Å². The zero-order chi connectivity index (χ0) is 26.1. The lowest BCUT2D eigenvalue weighted by Crippen LogP contribution is -2.34. The molecular formula is C28H35N5O3. The molecule has 2 aromatic carbocycles. The van der Waals surface area contributed by atoms with Crippen LogP contribution in [0.25, 0.3) is 6.08 Å². The Morgan fingerprint density at radius 2 is 1.58 bits per heavy atom. The molecule has 0 spiro atoms. The second-order valence-corrected chi connectivity index (χ2v) is 8.80. The maximum atomic E-state index is 13.1. The number of hydrogen-bond acceptors (Lipinski definition) is 5. The van der Waals surface area contributed by atoms with E-state index in [4.69, 9.17) is 5.73 Å². The summed E-state index contributed by atoms with van der Waals surface area (Å²) in [5.74, 6) is -0.153. The standard InChI is InChI=1S/C28H35N5O3/c1-4-13-30-26(34)19-9-11-23(12-10-19)31-27(35)21-8-7-20-16-22(18-25(29)32-24(20)17-21)28(36)33(14-5-2)15-6-3/h7-12,16-17H,4-6,13-15,18H2,1-3H3,(H2,29,32)(H,30,34)(H,31,35). The average Bonchev–Trinajstić information content (AvgIpc) is 3.04. The van der Waals surface area contributed by atoms with Crippen LogP contribution in [0, 0.1) is 0 Å². The van der Waals surface area contributed by atoms with Gasteiger partial charge in [-0.2, -0.15) is 0 Å². The second kappa shape index (κ2) is 12.7. The first-order valence-corrected chi connectivity index (χ1v) is 12.5. The minimum atomic E-state index is -0.309. The van der Waals surface area contributed by atoms with Crippen molar-refractivity contribution in [3.8, 4) is 0 Å². The van der Waals surface area contributed by atoms with Crippen LogP contribution in [-0.4, -0.2) is 48.1 Å². The fraction of sp³-hybridized carbons (Fsp3) is 0.357. The number of nitrogens with one attached hydrogen (secondary N) is 2. The minimum absolute atomic E-state index is 0.0293. The SMILES string of the molecule is CCCNC(=O)c1ccc(NC(=O)c2ccc3c(c2)N=C(N)CC(C(=O)N(CCC)CCC)=C3)cc1. The molecule has 3 rings (SSSR count). The highest BCUT2D eigenvalue weighted by Gasteiger charge is 2.21. The Kier molecular flexibility index (Phi) is 9.39. The summed E-state index contributed by atoms with van der Waals surface area (Å²) in [7, 11) is 0. The van der Waals surface area contributed by atoms with Crippen LogP contribution in [-0.2, 0) is 4.79 Å². The first-order valence-electron chi connectivity index (χ1n) is 12.5. The van der Waals surface area contributed by atoms with Gasteiger partial charge in [0.15, 0.2) is 0 Å². The van der Waals surface area contributed by atoms with E-state index in [1.807, 2.05) is 31.7 Å². The Bertz CT molecular complexity index is 1160.